The summed E-state index contributed by atoms with van der Waals surface area (Å²) in [5.74, 6) is 0.0771. The van der Waals surface area contributed by atoms with E-state index in [-0.39, 0.29) is 5.91 Å². The van der Waals surface area contributed by atoms with Gasteiger partial charge in [0.1, 0.15) is 11.3 Å². The Bertz CT molecular complexity index is 766. The molecule has 2 aromatic rings. The van der Waals surface area contributed by atoms with Crippen molar-refractivity contribution in [3.63, 3.8) is 0 Å². The maximum Gasteiger partial charge on any atom is 0.301 e. The van der Waals surface area contributed by atoms with E-state index in [2.05, 4.69) is 15.2 Å². The number of rotatable bonds is 5. The summed E-state index contributed by atoms with van der Waals surface area (Å²) in [5, 5.41) is 6.21. The monoisotopic (exact) mass is 324 g/mol. The lowest BCUT2D eigenvalue weighted by molar-refractivity contribution is 0.102. The predicted molar refractivity (Wildman–Crippen MR) is 81.9 cm³/mol. The smallest absolute Gasteiger partial charge is 0.301 e. The zero-order valence-corrected chi connectivity index (χ0v) is 13.1. The molecule has 0 aliphatic heterocycles. The van der Waals surface area contributed by atoms with Crippen molar-refractivity contribution in [3.05, 3.63) is 41.8 Å². The normalized spacial score (nSPS) is 11.5. The molecule has 1 amide bonds. The molecule has 118 valence electrons. The maximum atomic E-state index is 12.0. The molecule has 0 unspecified atom stereocenters. The SMILES string of the molecule is Cc1oncc1C(=O)Nc1ccc(NS(=O)(=O)N(C)C)cc1. The zero-order chi connectivity index (χ0) is 16.3. The number of hydrogen-bond donors (Lipinski definition) is 2. The molecule has 0 saturated heterocycles. The minimum atomic E-state index is -3.55. The van der Waals surface area contributed by atoms with E-state index in [1.165, 1.54) is 20.3 Å². The van der Waals surface area contributed by atoms with Crippen LogP contribution in [0.25, 0.3) is 0 Å². The summed E-state index contributed by atoms with van der Waals surface area (Å²) < 4.78 is 31.7. The van der Waals surface area contributed by atoms with Crippen LogP contribution in [-0.2, 0) is 10.2 Å². The number of carbonyl (C=O) groups excluding carboxylic acids is 1. The third-order valence-electron chi connectivity index (χ3n) is 2.87. The van der Waals surface area contributed by atoms with Gasteiger partial charge < -0.3 is 9.84 Å². The van der Waals surface area contributed by atoms with Gasteiger partial charge >= 0.3 is 10.2 Å². The van der Waals surface area contributed by atoms with E-state index in [0.717, 1.165) is 4.31 Å². The average Bonchev–Trinajstić information content (AvgIpc) is 2.87. The van der Waals surface area contributed by atoms with Crippen LogP contribution in [-0.4, -0.2) is 37.9 Å². The fraction of sp³-hybridized carbons (Fsp3) is 0.231. The number of aromatic nitrogens is 1. The first kappa shape index (κ1) is 16.0. The van der Waals surface area contributed by atoms with E-state index >= 15 is 0 Å². The highest BCUT2D eigenvalue weighted by atomic mass is 32.2. The van der Waals surface area contributed by atoms with Gasteiger partial charge in [-0.25, -0.2) is 0 Å². The molecule has 0 atom stereocenters. The van der Waals surface area contributed by atoms with E-state index in [1.807, 2.05) is 0 Å². The fourth-order valence-electron chi connectivity index (χ4n) is 1.58. The van der Waals surface area contributed by atoms with Gasteiger partial charge in [-0.05, 0) is 31.2 Å². The van der Waals surface area contributed by atoms with Crippen LogP contribution in [0.1, 0.15) is 16.1 Å². The summed E-state index contributed by atoms with van der Waals surface area (Å²) in [6.45, 7) is 1.64. The van der Waals surface area contributed by atoms with Crippen LogP contribution in [0.15, 0.2) is 35.0 Å². The second kappa shape index (κ2) is 6.16. The van der Waals surface area contributed by atoms with Gasteiger partial charge in [0.25, 0.3) is 5.91 Å². The van der Waals surface area contributed by atoms with Crippen LogP contribution in [0.4, 0.5) is 11.4 Å². The second-order valence-corrected chi connectivity index (χ2v) is 6.60. The first-order chi connectivity index (χ1) is 10.3. The standard InChI is InChI=1S/C13H16N4O4S/c1-9-12(8-14-21-9)13(18)15-10-4-6-11(7-5-10)16-22(19,20)17(2)3/h4-8,16H,1-3H3,(H,15,18). The van der Waals surface area contributed by atoms with E-state index in [4.69, 9.17) is 4.52 Å². The molecule has 0 radical (unpaired) electrons. The predicted octanol–water partition coefficient (Wildman–Crippen LogP) is 1.45. The molecule has 2 N–H and O–H groups in total. The number of anilines is 2. The Morgan fingerprint density at radius 2 is 1.77 bits per heavy atom. The third kappa shape index (κ3) is 3.62. The summed E-state index contributed by atoms with van der Waals surface area (Å²) in [6, 6.07) is 6.29. The van der Waals surface area contributed by atoms with Crippen LogP contribution in [0, 0.1) is 6.92 Å². The highest BCUT2D eigenvalue weighted by molar-refractivity contribution is 7.90. The summed E-state index contributed by atoms with van der Waals surface area (Å²) in [5.41, 5.74) is 1.27. The van der Waals surface area contributed by atoms with Gasteiger partial charge in [0, 0.05) is 25.5 Å². The minimum absolute atomic E-state index is 0.345. The highest BCUT2D eigenvalue weighted by Crippen LogP contribution is 2.17. The van der Waals surface area contributed by atoms with Crippen molar-refractivity contribution in [1.82, 2.24) is 9.46 Å². The van der Waals surface area contributed by atoms with Crippen molar-refractivity contribution in [2.45, 2.75) is 6.92 Å². The Balaban J connectivity index is 2.07. The second-order valence-electron chi connectivity index (χ2n) is 4.72. The topological polar surface area (TPSA) is 105 Å². The molecular formula is C13H16N4O4S. The molecule has 0 saturated carbocycles. The molecule has 9 heteroatoms. The molecule has 22 heavy (non-hydrogen) atoms. The Kier molecular flexibility index (Phi) is 4.48. The van der Waals surface area contributed by atoms with E-state index in [0.29, 0.717) is 22.7 Å². The highest BCUT2D eigenvalue weighted by Gasteiger charge is 2.14. The van der Waals surface area contributed by atoms with Gasteiger partial charge in [-0.1, -0.05) is 5.16 Å². The molecule has 0 spiro atoms. The molecule has 1 aromatic heterocycles. The molecule has 0 fully saturated rings. The maximum absolute atomic E-state index is 12.0. The van der Waals surface area contributed by atoms with Crippen LogP contribution >= 0.6 is 0 Å². The Morgan fingerprint density at radius 3 is 2.27 bits per heavy atom. The summed E-state index contributed by atoms with van der Waals surface area (Å²) in [4.78, 5) is 12.0. The lowest BCUT2D eigenvalue weighted by Gasteiger charge is -2.13. The van der Waals surface area contributed by atoms with Crippen molar-refractivity contribution in [2.24, 2.45) is 0 Å². The Morgan fingerprint density at radius 1 is 1.18 bits per heavy atom. The number of benzene rings is 1. The largest absolute Gasteiger partial charge is 0.361 e. The Hall–Kier alpha value is -2.39. The quantitative estimate of drug-likeness (QED) is 0.866. The molecule has 0 bridgehead atoms. The average molecular weight is 324 g/mol. The number of aryl methyl sites for hydroxylation is 1. The van der Waals surface area contributed by atoms with Gasteiger partial charge in [-0.3, -0.25) is 9.52 Å². The molecule has 0 aliphatic carbocycles. The Labute approximate surface area is 128 Å². The fourth-order valence-corrected chi connectivity index (χ4v) is 2.19. The first-order valence-electron chi connectivity index (χ1n) is 6.32. The number of amides is 1. The van der Waals surface area contributed by atoms with Crippen molar-refractivity contribution < 1.29 is 17.7 Å². The summed E-state index contributed by atoms with van der Waals surface area (Å²) >= 11 is 0. The first-order valence-corrected chi connectivity index (χ1v) is 7.76. The van der Waals surface area contributed by atoms with Gasteiger partial charge in [-0.2, -0.15) is 12.7 Å². The van der Waals surface area contributed by atoms with Crippen molar-refractivity contribution in [1.29, 1.82) is 0 Å². The zero-order valence-electron chi connectivity index (χ0n) is 12.3. The molecule has 2 rings (SSSR count). The van der Waals surface area contributed by atoms with Gasteiger partial charge in [0.15, 0.2) is 0 Å². The van der Waals surface area contributed by atoms with Crippen molar-refractivity contribution in [2.75, 3.05) is 24.1 Å². The van der Waals surface area contributed by atoms with Crippen molar-refractivity contribution in [3.8, 4) is 0 Å². The summed E-state index contributed by atoms with van der Waals surface area (Å²) in [6.07, 6.45) is 1.34. The van der Waals surface area contributed by atoms with Gasteiger partial charge in [0.2, 0.25) is 0 Å². The van der Waals surface area contributed by atoms with Crippen LogP contribution in [0.5, 0.6) is 0 Å². The van der Waals surface area contributed by atoms with Gasteiger partial charge in [0.05, 0.1) is 6.20 Å². The number of carbonyl (C=O) groups is 1. The third-order valence-corrected chi connectivity index (χ3v) is 4.32. The molecule has 0 aliphatic rings. The number of nitrogens with one attached hydrogen (secondary N) is 2. The van der Waals surface area contributed by atoms with Crippen molar-refractivity contribution >= 4 is 27.5 Å². The van der Waals surface area contributed by atoms with E-state index in [1.54, 1.807) is 31.2 Å². The molecule has 1 heterocycles. The minimum Gasteiger partial charge on any atom is -0.361 e. The van der Waals surface area contributed by atoms with Crippen LogP contribution < -0.4 is 10.0 Å². The van der Waals surface area contributed by atoms with E-state index in [9.17, 15) is 13.2 Å². The van der Waals surface area contributed by atoms with E-state index < -0.39 is 10.2 Å². The van der Waals surface area contributed by atoms with Crippen LogP contribution in [0.3, 0.4) is 0 Å². The lowest BCUT2D eigenvalue weighted by atomic mass is 10.2. The lowest BCUT2D eigenvalue weighted by Crippen LogP contribution is -2.28. The number of hydrogen-bond acceptors (Lipinski definition) is 5. The van der Waals surface area contributed by atoms with Crippen LogP contribution in [0.2, 0.25) is 0 Å². The van der Waals surface area contributed by atoms with Gasteiger partial charge in [-0.15, -0.1) is 0 Å². The molecule has 1 aromatic carbocycles. The number of nitrogens with zero attached hydrogens (tertiary/aromatic N) is 2. The molecule has 8 nitrogen and oxygen atoms in total. The summed E-state index contributed by atoms with van der Waals surface area (Å²) in [7, 11) is -0.695. The molecular weight excluding hydrogens is 308 g/mol.